The number of allylic oxidation sites excluding steroid dienone is 4. The van der Waals surface area contributed by atoms with E-state index in [1.165, 1.54) is 12.8 Å². The van der Waals surface area contributed by atoms with Crippen LogP contribution in [0, 0.1) is 56.7 Å². The molecule has 11 unspecified atom stereocenters. The van der Waals surface area contributed by atoms with Gasteiger partial charge in [-0.05, 0) is 129 Å². The first-order valence-electron chi connectivity index (χ1n) is 20.0. The normalized spacial score (nSPS) is 44.2. The number of ketones is 1. The van der Waals surface area contributed by atoms with Crippen molar-refractivity contribution in [3.05, 3.63) is 59.0 Å². The highest BCUT2D eigenvalue weighted by molar-refractivity contribution is 7.21. The summed E-state index contributed by atoms with van der Waals surface area (Å²) in [4.78, 5) is 31.5. The van der Waals surface area contributed by atoms with Gasteiger partial charge < -0.3 is 19.8 Å². The minimum Gasteiger partial charge on any atom is -0.450 e. The van der Waals surface area contributed by atoms with Crippen LogP contribution in [0.2, 0.25) is 0 Å². The molecule has 1 amide bonds. The molecule has 51 heavy (non-hydrogen) atoms. The third-order valence-electron chi connectivity index (χ3n) is 17.0. The summed E-state index contributed by atoms with van der Waals surface area (Å²) in [6.07, 6.45) is 15.5. The molecule has 1 aromatic heterocycles. The number of hydrogen-bond donors (Lipinski definition) is 2. The van der Waals surface area contributed by atoms with Gasteiger partial charge in [0.15, 0.2) is 5.78 Å². The number of nitrogens with zero attached hydrogens (tertiary/aromatic N) is 1. The molecular formula is C44H57NO5S. The lowest BCUT2D eigenvalue weighted by molar-refractivity contribution is -0.176. The molecule has 2 N–H and O–H groups in total. The van der Waals surface area contributed by atoms with Gasteiger partial charge in [0.25, 0.3) is 0 Å². The molecule has 11 rings (SSSR count). The maximum atomic E-state index is 15.1. The number of benzene rings is 1. The van der Waals surface area contributed by atoms with E-state index in [-0.39, 0.29) is 47.2 Å². The van der Waals surface area contributed by atoms with Crippen molar-refractivity contribution in [2.45, 2.75) is 111 Å². The Morgan fingerprint density at radius 2 is 1.71 bits per heavy atom. The molecule has 9 aliphatic carbocycles. The summed E-state index contributed by atoms with van der Waals surface area (Å²) in [7, 11) is 0. The zero-order chi connectivity index (χ0) is 35.8. The molecule has 1 aromatic carbocycles. The minimum absolute atomic E-state index is 0.0432. The summed E-state index contributed by atoms with van der Waals surface area (Å²) in [6.45, 7) is 12.6. The minimum atomic E-state index is -1.11. The lowest BCUT2D eigenvalue weighted by atomic mass is 9.32. The number of amides is 1. The molecule has 4 bridgehead atoms. The smallest absolute Gasteiger partial charge is 0.409 e. The standard InChI is InChI=1S/C44H57NO5S/c1-6-50-38(48)45(25-28-11-12-29-22-31(28)39(29,2)3)26-43(49)18-15-36-41(43,5)17-14-35-40(4)16-13-30(46)23-42(40)19-20-44(35,36)32(24-42)37(47)34-21-27-9-7-8-10-33(27)51-34/h7-10,19-21,24,28-31,35-36,46,49H,6,11-18,22-23,25-26H2,1-5H3. The number of carbonyl (C=O) groups excluding carboxylic acids is 2. The van der Waals surface area contributed by atoms with Crippen LogP contribution in [-0.4, -0.2) is 58.4 Å². The summed E-state index contributed by atoms with van der Waals surface area (Å²) in [6, 6.07) is 10.3. The molecule has 274 valence electrons. The molecule has 7 heteroatoms. The van der Waals surface area contributed by atoms with Gasteiger partial charge in [-0.25, -0.2) is 4.79 Å². The molecule has 0 radical (unpaired) electrons. The van der Waals surface area contributed by atoms with Crippen molar-refractivity contribution in [2.24, 2.45) is 56.7 Å². The molecule has 0 aliphatic heterocycles. The number of carbonyl (C=O) groups is 2. The highest BCUT2D eigenvalue weighted by Crippen LogP contribution is 2.78. The number of Topliss-reactive ketones (excluding diaryl/α,β-unsaturated/α-hetero) is 1. The van der Waals surface area contributed by atoms with Crippen LogP contribution in [0.3, 0.4) is 0 Å². The number of fused-ring (bicyclic) bond motifs is 4. The maximum absolute atomic E-state index is 15.1. The quantitative estimate of drug-likeness (QED) is 0.221. The highest BCUT2D eigenvalue weighted by Gasteiger charge is 2.74. The summed E-state index contributed by atoms with van der Waals surface area (Å²) < 4.78 is 6.81. The SMILES string of the molecule is CCOC(=O)N(CC1CCC2CC1C2(C)C)CC1(O)CCC2C34C=CC5(C=C3C(=O)c3cc6ccccc6s3)CC(O)CCC5(C)C4CCC21C. The van der Waals surface area contributed by atoms with Crippen molar-refractivity contribution < 1.29 is 24.5 Å². The van der Waals surface area contributed by atoms with Crippen molar-refractivity contribution >= 4 is 33.3 Å². The lowest BCUT2D eigenvalue weighted by Crippen LogP contribution is -2.67. The summed E-state index contributed by atoms with van der Waals surface area (Å²) in [5.74, 6) is 2.19. The Morgan fingerprint density at radius 3 is 2.45 bits per heavy atom. The largest absolute Gasteiger partial charge is 0.450 e. The second-order valence-electron chi connectivity index (χ2n) is 19.1. The molecule has 9 aliphatic rings. The van der Waals surface area contributed by atoms with E-state index >= 15 is 4.79 Å². The number of hydrogen-bond acceptors (Lipinski definition) is 6. The van der Waals surface area contributed by atoms with E-state index in [1.54, 1.807) is 11.3 Å². The lowest BCUT2D eigenvalue weighted by Gasteiger charge is -2.71. The number of rotatable bonds is 7. The van der Waals surface area contributed by atoms with Crippen LogP contribution in [0.5, 0.6) is 0 Å². The van der Waals surface area contributed by atoms with E-state index in [0.717, 1.165) is 65.0 Å². The first-order chi connectivity index (χ1) is 24.2. The van der Waals surface area contributed by atoms with Crippen LogP contribution < -0.4 is 0 Å². The molecule has 6 nitrogen and oxygen atoms in total. The Bertz CT molecular complexity index is 1810. The van der Waals surface area contributed by atoms with Gasteiger partial charge >= 0.3 is 6.09 Å². The average molecular weight is 712 g/mol. The van der Waals surface area contributed by atoms with Crippen LogP contribution in [-0.2, 0) is 4.74 Å². The molecule has 2 aromatic rings. The van der Waals surface area contributed by atoms with Gasteiger partial charge in [0.2, 0.25) is 0 Å². The molecule has 2 spiro atoms. The zero-order valence-electron chi connectivity index (χ0n) is 31.2. The average Bonchev–Trinajstić information content (AvgIpc) is 3.66. The van der Waals surface area contributed by atoms with E-state index in [0.29, 0.717) is 43.2 Å². The Hall–Kier alpha value is -2.48. The third kappa shape index (κ3) is 4.46. The van der Waals surface area contributed by atoms with Gasteiger partial charge in [-0.15, -0.1) is 11.3 Å². The molecule has 0 saturated heterocycles. The molecule has 6 saturated carbocycles. The topological polar surface area (TPSA) is 87.1 Å². The molecule has 1 heterocycles. The molecule has 11 atom stereocenters. The van der Waals surface area contributed by atoms with Crippen LogP contribution in [0.15, 0.2) is 54.1 Å². The van der Waals surface area contributed by atoms with Crippen molar-refractivity contribution in [2.75, 3.05) is 19.7 Å². The Kier molecular flexibility index (Phi) is 7.58. The Labute approximate surface area is 307 Å². The zero-order valence-corrected chi connectivity index (χ0v) is 32.1. The Morgan fingerprint density at radius 1 is 0.961 bits per heavy atom. The molecule has 6 fully saturated rings. The van der Waals surface area contributed by atoms with E-state index in [2.05, 4.69) is 64.1 Å². The van der Waals surface area contributed by atoms with Crippen LogP contribution in [0.25, 0.3) is 10.1 Å². The monoisotopic (exact) mass is 711 g/mol. The fraction of sp³-hybridized carbons (Fsp3) is 0.682. The first-order valence-corrected chi connectivity index (χ1v) is 20.8. The van der Waals surface area contributed by atoms with Gasteiger partial charge in [-0.1, -0.05) is 64.1 Å². The van der Waals surface area contributed by atoms with Gasteiger partial charge in [-0.3, -0.25) is 4.79 Å². The Balaban J connectivity index is 1.10. The van der Waals surface area contributed by atoms with Crippen LogP contribution in [0.4, 0.5) is 4.79 Å². The van der Waals surface area contributed by atoms with Gasteiger partial charge in [0.1, 0.15) is 0 Å². The van der Waals surface area contributed by atoms with E-state index < -0.39 is 16.4 Å². The van der Waals surface area contributed by atoms with Gasteiger partial charge in [-0.2, -0.15) is 0 Å². The summed E-state index contributed by atoms with van der Waals surface area (Å²) in [5, 5.41) is 25.3. The molecular weight excluding hydrogens is 655 g/mol. The number of aliphatic hydroxyl groups excluding tert-OH is 1. The summed E-state index contributed by atoms with van der Waals surface area (Å²) >= 11 is 1.58. The predicted octanol–water partition coefficient (Wildman–Crippen LogP) is 9.21. The second kappa shape index (κ2) is 11.3. The maximum Gasteiger partial charge on any atom is 0.409 e. The second-order valence-corrected chi connectivity index (χ2v) is 20.1. The first kappa shape index (κ1) is 34.3. The fourth-order valence-corrected chi connectivity index (χ4v) is 15.0. The van der Waals surface area contributed by atoms with Crippen molar-refractivity contribution in [1.29, 1.82) is 0 Å². The summed E-state index contributed by atoms with van der Waals surface area (Å²) in [5.41, 5.74) is -1.39. The van der Waals surface area contributed by atoms with Crippen LogP contribution in [0.1, 0.15) is 108 Å². The van der Waals surface area contributed by atoms with Gasteiger partial charge in [0.05, 0.1) is 29.7 Å². The number of ether oxygens (including phenoxy) is 1. The third-order valence-corrected chi connectivity index (χ3v) is 18.2. The van der Waals surface area contributed by atoms with Crippen molar-refractivity contribution in [1.82, 2.24) is 4.90 Å². The van der Waals surface area contributed by atoms with E-state index in [4.69, 9.17) is 4.74 Å². The fourth-order valence-electron chi connectivity index (χ4n) is 14.0. The highest BCUT2D eigenvalue weighted by atomic mass is 32.1. The number of thiophene rings is 1. The van der Waals surface area contributed by atoms with Gasteiger partial charge in [0, 0.05) is 33.1 Å². The predicted molar refractivity (Wildman–Crippen MR) is 201 cm³/mol. The van der Waals surface area contributed by atoms with Crippen LogP contribution >= 0.6 is 11.3 Å². The van der Waals surface area contributed by atoms with E-state index in [1.807, 2.05) is 24.0 Å². The van der Waals surface area contributed by atoms with Crippen molar-refractivity contribution in [3.63, 3.8) is 0 Å². The van der Waals surface area contributed by atoms with E-state index in [9.17, 15) is 15.0 Å². The van der Waals surface area contributed by atoms with Crippen molar-refractivity contribution in [3.8, 4) is 0 Å². The number of aliphatic hydroxyl groups is 2.